The number of nitro groups is 1. The molecule has 0 aliphatic carbocycles. The molecule has 0 saturated carbocycles. The molecule has 0 radical (unpaired) electrons. The lowest BCUT2D eigenvalue weighted by molar-refractivity contribution is -0.384. The number of non-ortho nitro benzene ring substituents is 1. The normalized spacial score (nSPS) is 10.8. The van der Waals surface area contributed by atoms with Crippen molar-refractivity contribution in [2.75, 3.05) is 5.32 Å². The molecule has 7 heteroatoms. The lowest BCUT2D eigenvalue weighted by Gasteiger charge is -2.10. The number of fused-ring (bicyclic) bond motifs is 1. The standard InChI is InChI=1S/C21H15N3O3S/c1-13-9-10-15(21-23-17-7-2-3-8-19(17)28-21)12-18(13)22-20(25)14-5-4-6-16(11-14)24(26)27/h2-12H,1H3,(H,22,25). The van der Waals surface area contributed by atoms with Gasteiger partial charge in [-0.15, -0.1) is 11.3 Å². The molecule has 0 aliphatic heterocycles. The van der Waals surface area contributed by atoms with Crippen LogP contribution in [-0.4, -0.2) is 15.8 Å². The molecule has 1 aromatic heterocycles. The minimum atomic E-state index is -0.518. The largest absolute Gasteiger partial charge is 0.322 e. The van der Waals surface area contributed by atoms with Crippen molar-refractivity contribution >= 4 is 38.8 Å². The predicted octanol–water partition coefficient (Wildman–Crippen LogP) is 5.43. The number of carbonyl (C=O) groups is 1. The van der Waals surface area contributed by atoms with Crippen LogP contribution in [0.3, 0.4) is 0 Å². The lowest BCUT2D eigenvalue weighted by atomic mass is 10.1. The van der Waals surface area contributed by atoms with Gasteiger partial charge in [0, 0.05) is 28.9 Å². The van der Waals surface area contributed by atoms with Crippen molar-refractivity contribution in [2.45, 2.75) is 6.92 Å². The Morgan fingerprint density at radius 1 is 1.07 bits per heavy atom. The summed E-state index contributed by atoms with van der Waals surface area (Å²) in [4.78, 5) is 27.6. The van der Waals surface area contributed by atoms with Crippen LogP contribution in [0, 0.1) is 17.0 Å². The average molecular weight is 389 g/mol. The van der Waals surface area contributed by atoms with Crippen LogP contribution < -0.4 is 5.32 Å². The number of rotatable bonds is 4. The number of aromatic nitrogens is 1. The number of aryl methyl sites for hydroxylation is 1. The van der Waals surface area contributed by atoms with E-state index in [1.807, 2.05) is 49.4 Å². The summed E-state index contributed by atoms with van der Waals surface area (Å²) in [6, 6.07) is 19.4. The monoisotopic (exact) mass is 389 g/mol. The van der Waals surface area contributed by atoms with E-state index < -0.39 is 10.8 Å². The van der Waals surface area contributed by atoms with E-state index >= 15 is 0 Å². The van der Waals surface area contributed by atoms with Crippen LogP contribution in [0.4, 0.5) is 11.4 Å². The van der Waals surface area contributed by atoms with Crippen LogP contribution in [0.1, 0.15) is 15.9 Å². The molecular formula is C21H15N3O3S. The van der Waals surface area contributed by atoms with Gasteiger partial charge in [0.05, 0.1) is 15.1 Å². The van der Waals surface area contributed by atoms with E-state index in [-0.39, 0.29) is 11.3 Å². The van der Waals surface area contributed by atoms with Crippen LogP contribution >= 0.6 is 11.3 Å². The molecule has 6 nitrogen and oxygen atoms in total. The Kier molecular flexibility index (Phi) is 4.58. The second-order valence-corrected chi connectivity index (χ2v) is 7.31. The number of carbonyl (C=O) groups excluding carboxylic acids is 1. The molecule has 0 atom stereocenters. The van der Waals surface area contributed by atoms with Gasteiger partial charge in [0.2, 0.25) is 0 Å². The second-order valence-electron chi connectivity index (χ2n) is 6.28. The minimum absolute atomic E-state index is 0.118. The molecule has 0 bridgehead atoms. The van der Waals surface area contributed by atoms with Crippen LogP contribution in [0.15, 0.2) is 66.7 Å². The highest BCUT2D eigenvalue weighted by molar-refractivity contribution is 7.21. The van der Waals surface area contributed by atoms with Gasteiger partial charge in [0.25, 0.3) is 11.6 Å². The second kappa shape index (κ2) is 7.21. The molecule has 1 amide bonds. The van der Waals surface area contributed by atoms with Gasteiger partial charge in [0.1, 0.15) is 5.01 Å². The number of nitro benzene ring substituents is 1. The molecule has 3 aromatic carbocycles. The number of nitrogens with zero attached hydrogens (tertiary/aromatic N) is 2. The van der Waals surface area contributed by atoms with Gasteiger partial charge in [-0.2, -0.15) is 0 Å². The van der Waals surface area contributed by atoms with E-state index in [9.17, 15) is 14.9 Å². The molecule has 0 fully saturated rings. The summed E-state index contributed by atoms with van der Waals surface area (Å²) >= 11 is 1.59. The highest BCUT2D eigenvalue weighted by atomic mass is 32.1. The summed E-state index contributed by atoms with van der Waals surface area (Å²) < 4.78 is 1.10. The quantitative estimate of drug-likeness (QED) is 0.372. The summed E-state index contributed by atoms with van der Waals surface area (Å²) in [6.07, 6.45) is 0. The van der Waals surface area contributed by atoms with Gasteiger partial charge in [-0.05, 0) is 36.8 Å². The van der Waals surface area contributed by atoms with Crippen LogP contribution in [0.2, 0.25) is 0 Å². The molecule has 138 valence electrons. The Bertz CT molecular complexity index is 1180. The first-order chi connectivity index (χ1) is 13.5. The number of thiazole rings is 1. The number of amides is 1. The van der Waals surface area contributed by atoms with Gasteiger partial charge in [-0.1, -0.05) is 30.3 Å². The van der Waals surface area contributed by atoms with E-state index in [0.717, 1.165) is 26.4 Å². The van der Waals surface area contributed by atoms with Gasteiger partial charge in [0.15, 0.2) is 0 Å². The van der Waals surface area contributed by atoms with Crippen molar-refractivity contribution in [3.05, 3.63) is 88.0 Å². The van der Waals surface area contributed by atoms with E-state index in [1.165, 1.54) is 18.2 Å². The van der Waals surface area contributed by atoms with Gasteiger partial charge >= 0.3 is 0 Å². The highest BCUT2D eigenvalue weighted by Gasteiger charge is 2.14. The van der Waals surface area contributed by atoms with Crippen molar-refractivity contribution in [3.63, 3.8) is 0 Å². The molecule has 1 heterocycles. The molecule has 1 N–H and O–H groups in total. The van der Waals surface area contributed by atoms with E-state index in [2.05, 4.69) is 10.3 Å². The zero-order chi connectivity index (χ0) is 19.7. The fourth-order valence-electron chi connectivity index (χ4n) is 2.84. The summed E-state index contributed by atoms with van der Waals surface area (Å²) in [5, 5.41) is 14.7. The van der Waals surface area contributed by atoms with Crippen molar-refractivity contribution in [3.8, 4) is 10.6 Å². The Morgan fingerprint density at radius 2 is 1.89 bits per heavy atom. The van der Waals surface area contributed by atoms with E-state index in [1.54, 1.807) is 17.4 Å². The maximum atomic E-state index is 12.6. The van der Waals surface area contributed by atoms with Crippen LogP contribution in [0.25, 0.3) is 20.8 Å². The van der Waals surface area contributed by atoms with E-state index in [4.69, 9.17) is 0 Å². The van der Waals surface area contributed by atoms with Crippen molar-refractivity contribution in [2.24, 2.45) is 0 Å². The minimum Gasteiger partial charge on any atom is -0.322 e. The SMILES string of the molecule is Cc1ccc(-c2nc3ccccc3s2)cc1NC(=O)c1cccc([N+](=O)[O-])c1. The molecule has 28 heavy (non-hydrogen) atoms. The molecular weight excluding hydrogens is 374 g/mol. The van der Waals surface area contributed by atoms with Crippen LogP contribution in [-0.2, 0) is 0 Å². The summed E-state index contributed by atoms with van der Waals surface area (Å²) in [7, 11) is 0. The Balaban J connectivity index is 1.65. The van der Waals surface area contributed by atoms with Crippen LogP contribution in [0.5, 0.6) is 0 Å². The number of para-hydroxylation sites is 1. The van der Waals surface area contributed by atoms with Gasteiger partial charge in [-0.25, -0.2) is 4.98 Å². The zero-order valence-electron chi connectivity index (χ0n) is 14.9. The smallest absolute Gasteiger partial charge is 0.270 e. The van der Waals surface area contributed by atoms with Crippen molar-refractivity contribution < 1.29 is 9.72 Å². The number of anilines is 1. The van der Waals surface area contributed by atoms with Gasteiger partial charge in [-0.3, -0.25) is 14.9 Å². The Hall–Kier alpha value is -3.58. The third kappa shape index (κ3) is 3.47. The first-order valence-electron chi connectivity index (χ1n) is 8.54. The first kappa shape index (κ1) is 17.8. The summed E-state index contributed by atoms with van der Waals surface area (Å²) in [6.45, 7) is 1.89. The number of nitrogens with one attached hydrogen (secondary N) is 1. The van der Waals surface area contributed by atoms with Crippen molar-refractivity contribution in [1.82, 2.24) is 4.98 Å². The fraction of sp³-hybridized carbons (Fsp3) is 0.0476. The average Bonchev–Trinajstić information content (AvgIpc) is 3.14. The Labute approximate surface area is 164 Å². The molecule has 4 aromatic rings. The van der Waals surface area contributed by atoms with E-state index in [0.29, 0.717) is 5.69 Å². The van der Waals surface area contributed by atoms with Crippen molar-refractivity contribution in [1.29, 1.82) is 0 Å². The first-order valence-corrected chi connectivity index (χ1v) is 9.35. The maximum Gasteiger partial charge on any atom is 0.270 e. The molecule has 0 spiro atoms. The summed E-state index contributed by atoms with van der Waals surface area (Å²) in [5.41, 5.74) is 3.50. The molecule has 0 unspecified atom stereocenters. The third-order valence-electron chi connectivity index (χ3n) is 4.35. The topological polar surface area (TPSA) is 85.1 Å². The maximum absolute atomic E-state index is 12.6. The summed E-state index contributed by atoms with van der Waals surface area (Å²) in [5.74, 6) is -0.395. The molecule has 0 saturated heterocycles. The fourth-order valence-corrected chi connectivity index (χ4v) is 3.80. The molecule has 0 aliphatic rings. The third-order valence-corrected chi connectivity index (χ3v) is 5.43. The highest BCUT2D eigenvalue weighted by Crippen LogP contribution is 2.32. The lowest BCUT2D eigenvalue weighted by Crippen LogP contribution is -2.13. The Morgan fingerprint density at radius 3 is 2.68 bits per heavy atom. The number of hydrogen-bond acceptors (Lipinski definition) is 5. The number of hydrogen-bond donors (Lipinski definition) is 1. The number of benzene rings is 3. The van der Waals surface area contributed by atoms with Gasteiger partial charge < -0.3 is 5.32 Å². The zero-order valence-corrected chi connectivity index (χ0v) is 15.7. The molecule has 4 rings (SSSR count). The predicted molar refractivity (Wildman–Crippen MR) is 111 cm³/mol.